The predicted molar refractivity (Wildman–Crippen MR) is 49.3 cm³/mol. The van der Waals surface area contributed by atoms with Gasteiger partial charge in [0, 0.05) is 25.7 Å². The molecular weight excluding hydrogens is 152 g/mol. The van der Waals surface area contributed by atoms with Gasteiger partial charge in [0.2, 0.25) is 0 Å². The Morgan fingerprint density at radius 3 is 2.92 bits per heavy atom. The number of hydrazine groups is 1. The van der Waals surface area contributed by atoms with Gasteiger partial charge < -0.3 is 5.32 Å². The van der Waals surface area contributed by atoms with Gasteiger partial charge in [-0.25, -0.2) is 0 Å². The molecule has 0 spiro atoms. The molecule has 4 heteroatoms. The van der Waals surface area contributed by atoms with Crippen molar-refractivity contribution in [3.05, 3.63) is 0 Å². The topological polar surface area (TPSA) is 58.4 Å². The van der Waals surface area contributed by atoms with Crippen LogP contribution in [0.25, 0.3) is 0 Å². The average molecular weight is 168 g/mol. The molecule has 3 N–H and O–H groups in total. The number of hydrogen-bond donors (Lipinski definition) is 3. The van der Waals surface area contributed by atoms with E-state index in [0.29, 0.717) is 12.1 Å². The third-order valence-electron chi connectivity index (χ3n) is 2.25. The van der Waals surface area contributed by atoms with Crippen molar-refractivity contribution in [2.75, 3.05) is 19.6 Å². The molecule has 0 aromatic heterocycles. The van der Waals surface area contributed by atoms with Crippen molar-refractivity contribution in [2.24, 2.45) is 4.99 Å². The fraction of sp³-hybridized carbons (Fsp3) is 0.875. The van der Waals surface area contributed by atoms with Gasteiger partial charge in [-0.2, -0.15) is 0 Å². The molecule has 2 aliphatic rings. The molecule has 68 valence electrons. The monoisotopic (exact) mass is 168 g/mol. The van der Waals surface area contributed by atoms with Crippen LogP contribution in [0.2, 0.25) is 0 Å². The molecule has 0 aromatic rings. The molecule has 0 aliphatic carbocycles. The summed E-state index contributed by atoms with van der Waals surface area (Å²) >= 11 is 0. The maximum atomic E-state index is 4.32. The van der Waals surface area contributed by atoms with Crippen molar-refractivity contribution in [3.8, 4) is 0 Å². The van der Waals surface area contributed by atoms with E-state index < -0.39 is 0 Å². The van der Waals surface area contributed by atoms with E-state index in [1.807, 2.05) is 6.21 Å². The molecule has 2 heterocycles. The Morgan fingerprint density at radius 1 is 1.42 bits per heavy atom. The largest absolute Gasteiger partial charge is 0.310 e. The summed E-state index contributed by atoms with van der Waals surface area (Å²) in [6.07, 6.45) is 4.38. The lowest BCUT2D eigenvalue weighted by Crippen LogP contribution is -2.39. The Labute approximate surface area is 72.8 Å². The highest BCUT2D eigenvalue weighted by Crippen LogP contribution is 2.05. The summed E-state index contributed by atoms with van der Waals surface area (Å²) in [7, 11) is 0. The van der Waals surface area contributed by atoms with Crippen LogP contribution in [0.5, 0.6) is 0 Å². The second kappa shape index (κ2) is 3.98. The van der Waals surface area contributed by atoms with Gasteiger partial charge in [-0.15, -0.1) is 0 Å². The van der Waals surface area contributed by atoms with Gasteiger partial charge in [0.05, 0.1) is 6.04 Å². The smallest absolute Gasteiger partial charge is 0.0637 e. The molecular formula is C8H16N4. The van der Waals surface area contributed by atoms with Crippen LogP contribution in [0.4, 0.5) is 0 Å². The second-order valence-corrected chi connectivity index (χ2v) is 3.43. The van der Waals surface area contributed by atoms with Crippen molar-refractivity contribution in [3.63, 3.8) is 0 Å². The minimum Gasteiger partial charge on any atom is -0.310 e. The molecule has 1 fully saturated rings. The van der Waals surface area contributed by atoms with Crippen molar-refractivity contribution >= 4 is 6.21 Å². The molecule has 12 heavy (non-hydrogen) atoms. The first-order chi connectivity index (χ1) is 5.95. The number of nitrogens with zero attached hydrogens (tertiary/aromatic N) is 1. The highest BCUT2D eigenvalue weighted by molar-refractivity contribution is 5.59. The lowest BCUT2D eigenvalue weighted by atomic mass is 10.2. The Hall–Kier alpha value is -0.450. The zero-order chi connectivity index (χ0) is 8.23. The molecule has 2 aliphatic heterocycles. The first-order valence-corrected chi connectivity index (χ1v) is 4.66. The third kappa shape index (κ3) is 2.55. The van der Waals surface area contributed by atoms with Crippen LogP contribution < -0.4 is 16.2 Å². The van der Waals surface area contributed by atoms with Gasteiger partial charge in [-0.05, 0) is 19.1 Å². The van der Waals surface area contributed by atoms with Crippen LogP contribution in [0.3, 0.4) is 0 Å². The number of rotatable bonds is 5. The summed E-state index contributed by atoms with van der Waals surface area (Å²) in [4.78, 5) is 4.32. The quantitative estimate of drug-likeness (QED) is 0.289. The maximum Gasteiger partial charge on any atom is 0.0637 e. The molecule has 0 amide bonds. The van der Waals surface area contributed by atoms with E-state index >= 15 is 0 Å². The van der Waals surface area contributed by atoms with Crippen LogP contribution in [-0.2, 0) is 0 Å². The molecule has 0 aromatic carbocycles. The Morgan fingerprint density at radius 2 is 2.25 bits per heavy atom. The zero-order valence-corrected chi connectivity index (χ0v) is 7.21. The number of hydrogen-bond acceptors (Lipinski definition) is 4. The Bertz CT molecular complexity index is 164. The highest BCUT2D eigenvalue weighted by Gasteiger charge is 2.18. The molecule has 1 saturated heterocycles. The fourth-order valence-corrected chi connectivity index (χ4v) is 1.33. The lowest BCUT2D eigenvalue weighted by molar-refractivity contribution is 0.488. The Kier molecular flexibility index (Phi) is 2.71. The first-order valence-electron chi connectivity index (χ1n) is 4.66. The molecule has 2 unspecified atom stereocenters. The summed E-state index contributed by atoms with van der Waals surface area (Å²) in [6.45, 7) is 3.15. The summed E-state index contributed by atoms with van der Waals surface area (Å²) in [5, 5.41) is 3.23. The Balaban J connectivity index is 1.47. The molecule has 4 nitrogen and oxygen atoms in total. The first kappa shape index (κ1) is 8.16. The highest BCUT2D eigenvalue weighted by atomic mass is 15.4. The van der Waals surface area contributed by atoms with Crippen LogP contribution in [-0.4, -0.2) is 37.9 Å². The molecule has 2 atom stereocenters. The van der Waals surface area contributed by atoms with E-state index in [2.05, 4.69) is 21.2 Å². The third-order valence-corrected chi connectivity index (χ3v) is 2.25. The van der Waals surface area contributed by atoms with E-state index in [1.54, 1.807) is 0 Å². The summed E-state index contributed by atoms with van der Waals surface area (Å²) < 4.78 is 0. The van der Waals surface area contributed by atoms with Gasteiger partial charge >= 0.3 is 0 Å². The normalized spacial score (nSPS) is 32.7. The van der Waals surface area contributed by atoms with Crippen molar-refractivity contribution in [1.29, 1.82) is 0 Å². The number of aliphatic imine (C=N–C) groups is 1. The van der Waals surface area contributed by atoms with Crippen LogP contribution in [0.1, 0.15) is 12.8 Å². The van der Waals surface area contributed by atoms with Gasteiger partial charge in [-0.1, -0.05) is 0 Å². The second-order valence-electron chi connectivity index (χ2n) is 3.43. The molecule has 0 bridgehead atoms. The minimum absolute atomic E-state index is 0.504. The van der Waals surface area contributed by atoms with Crippen LogP contribution in [0, 0.1) is 0 Å². The fourth-order valence-electron chi connectivity index (χ4n) is 1.33. The van der Waals surface area contributed by atoms with Gasteiger partial charge in [0.15, 0.2) is 0 Å². The summed E-state index contributed by atoms with van der Waals surface area (Å²) in [5.74, 6) is 0. The lowest BCUT2D eigenvalue weighted by Gasteiger charge is -2.08. The summed E-state index contributed by atoms with van der Waals surface area (Å²) in [5.41, 5.74) is 6.38. The number of nitrogens with one attached hydrogen (secondary N) is 3. The maximum absolute atomic E-state index is 4.32. The van der Waals surface area contributed by atoms with E-state index in [-0.39, 0.29) is 0 Å². The van der Waals surface area contributed by atoms with Crippen molar-refractivity contribution < 1.29 is 0 Å². The summed E-state index contributed by atoms with van der Waals surface area (Å²) in [6, 6.07) is 1.20. The zero-order valence-electron chi connectivity index (χ0n) is 7.21. The average Bonchev–Trinajstić information content (AvgIpc) is 2.76. The van der Waals surface area contributed by atoms with Crippen LogP contribution >= 0.6 is 0 Å². The molecule has 0 saturated carbocycles. The van der Waals surface area contributed by atoms with E-state index in [4.69, 9.17) is 0 Å². The van der Waals surface area contributed by atoms with E-state index in [1.165, 1.54) is 6.42 Å². The van der Waals surface area contributed by atoms with E-state index in [9.17, 15) is 0 Å². The van der Waals surface area contributed by atoms with Crippen molar-refractivity contribution in [2.45, 2.75) is 24.9 Å². The van der Waals surface area contributed by atoms with Crippen LogP contribution in [0.15, 0.2) is 4.99 Å². The van der Waals surface area contributed by atoms with Gasteiger partial charge in [0.25, 0.3) is 0 Å². The van der Waals surface area contributed by atoms with Gasteiger partial charge in [0.1, 0.15) is 0 Å². The standard InChI is InChI=1S/C8H16N4/c1-2-7(9-3-1)5-11-12-6-8-4-10-8/h3,7-8,10-12H,1-2,4-6H2. The van der Waals surface area contributed by atoms with Crippen molar-refractivity contribution in [1.82, 2.24) is 16.2 Å². The predicted octanol–water partition coefficient (Wildman–Crippen LogP) is -0.714. The molecule has 2 rings (SSSR count). The van der Waals surface area contributed by atoms with E-state index in [0.717, 1.165) is 26.1 Å². The van der Waals surface area contributed by atoms with Gasteiger partial charge in [-0.3, -0.25) is 15.8 Å². The SMILES string of the molecule is C1=NC(CNNCC2CN2)CC1. The minimum atomic E-state index is 0.504. The molecule has 0 radical (unpaired) electrons.